The lowest BCUT2D eigenvalue weighted by Crippen LogP contribution is -2.29. The molecule has 1 atom stereocenters. The largest absolute Gasteiger partial charge is 0.493 e. The first-order valence-electron chi connectivity index (χ1n) is 6.78. The molecule has 0 saturated carbocycles. The van der Waals surface area contributed by atoms with Crippen LogP contribution in [0.5, 0.6) is 11.5 Å². The first-order valence-corrected chi connectivity index (χ1v) is 6.78. The van der Waals surface area contributed by atoms with Gasteiger partial charge in [0, 0.05) is 20.2 Å². The summed E-state index contributed by atoms with van der Waals surface area (Å²) in [4.78, 5) is 0. The quantitative estimate of drug-likeness (QED) is 0.720. The Morgan fingerprint density at radius 1 is 1.20 bits per heavy atom. The molecular formula is C15H25NO4. The lowest BCUT2D eigenvalue weighted by Gasteiger charge is -2.15. The molecule has 0 heterocycles. The van der Waals surface area contributed by atoms with Crippen molar-refractivity contribution in [3.63, 3.8) is 0 Å². The van der Waals surface area contributed by atoms with Gasteiger partial charge in [-0.2, -0.15) is 0 Å². The van der Waals surface area contributed by atoms with Gasteiger partial charge in [-0.1, -0.05) is 6.07 Å². The number of hydrogen-bond acceptors (Lipinski definition) is 5. The van der Waals surface area contributed by atoms with Crippen LogP contribution in [-0.2, 0) is 11.3 Å². The summed E-state index contributed by atoms with van der Waals surface area (Å²) in [7, 11) is 3.20. The highest BCUT2D eigenvalue weighted by Gasteiger charge is 2.08. The minimum absolute atomic E-state index is 0.108. The van der Waals surface area contributed by atoms with E-state index in [9.17, 15) is 5.11 Å². The van der Waals surface area contributed by atoms with E-state index in [4.69, 9.17) is 14.2 Å². The van der Waals surface area contributed by atoms with Gasteiger partial charge in [0.2, 0.25) is 0 Å². The standard InChI is InChI=1S/C15H25NO4/c1-11(2)20-14-6-5-12(7-15(14)19-4)8-16-9-13(17)10-18-3/h5-7,11,13,16-17H,8-10H2,1-4H3. The number of rotatable bonds is 9. The summed E-state index contributed by atoms with van der Waals surface area (Å²) in [6.45, 7) is 5.43. The Morgan fingerprint density at radius 2 is 1.95 bits per heavy atom. The molecule has 5 nitrogen and oxygen atoms in total. The number of aliphatic hydroxyl groups excluding tert-OH is 1. The fraction of sp³-hybridized carbons (Fsp3) is 0.600. The van der Waals surface area contributed by atoms with Crippen LogP contribution >= 0.6 is 0 Å². The third-order valence-electron chi connectivity index (χ3n) is 2.66. The average molecular weight is 283 g/mol. The van der Waals surface area contributed by atoms with Crippen molar-refractivity contribution < 1.29 is 19.3 Å². The molecule has 0 saturated heterocycles. The van der Waals surface area contributed by atoms with Crippen molar-refractivity contribution in [2.45, 2.75) is 32.6 Å². The molecule has 5 heteroatoms. The molecule has 0 bridgehead atoms. The second-order valence-corrected chi connectivity index (χ2v) is 4.89. The summed E-state index contributed by atoms with van der Waals surface area (Å²) in [6, 6.07) is 5.82. The second kappa shape index (κ2) is 8.79. The molecule has 0 aromatic heterocycles. The molecule has 0 fully saturated rings. The van der Waals surface area contributed by atoms with Crippen LogP contribution in [0.1, 0.15) is 19.4 Å². The second-order valence-electron chi connectivity index (χ2n) is 4.89. The van der Waals surface area contributed by atoms with Crippen LogP contribution in [0.4, 0.5) is 0 Å². The number of aliphatic hydroxyl groups is 1. The first-order chi connectivity index (χ1) is 9.56. The van der Waals surface area contributed by atoms with E-state index in [1.807, 2.05) is 32.0 Å². The lowest BCUT2D eigenvalue weighted by molar-refractivity contribution is 0.0644. The van der Waals surface area contributed by atoms with Gasteiger partial charge in [-0.3, -0.25) is 0 Å². The molecule has 2 N–H and O–H groups in total. The van der Waals surface area contributed by atoms with Gasteiger partial charge in [-0.25, -0.2) is 0 Å². The summed E-state index contributed by atoms with van der Waals surface area (Å²) in [5, 5.41) is 12.7. The number of benzene rings is 1. The summed E-state index contributed by atoms with van der Waals surface area (Å²) in [6.07, 6.45) is -0.387. The van der Waals surface area contributed by atoms with E-state index in [0.717, 1.165) is 17.1 Å². The van der Waals surface area contributed by atoms with Crippen LogP contribution in [-0.4, -0.2) is 44.7 Å². The van der Waals surface area contributed by atoms with Gasteiger partial charge >= 0.3 is 0 Å². The number of methoxy groups -OCH3 is 2. The van der Waals surface area contributed by atoms with Crippen LogP contribution in [0, 0.1) is 0 Å². The summed E-state index contributed by atoms with van der Waals surface area (Å²) >= 11 is 0. The summed E-state index contributed by atoms with van der Waals surface area (Å²) < 4.78 is 15.9. The molecule has 0 aliphatic heterocycles. The molecule has 0 amide bonds. The van der Waals surface area contributed by atoms with E-state index in [1.165, 1.54) is 0 Å². The van der Waals surface area contributed by atoms with Gasteiger partial charge in [0.15, 0.2) is 11.5 Å². The minimum Gasteiger partial charge on any atom is -0.493 e. The Hall–Kier alpha value is -1.30. The Morgan fingerprint density at radius 3 is 2.55 bits per heavy atom. The third-order valence-corrected chi connectivity index (χ3v) is 2.66. The van der Waals surface area contributed by atoms with E-state index in [-0.39, 0.29) is 6.10 Å². The number of ether oxygens (including phenoxy) is 3. The molecule has 1 aromatic carbocycles. The molecule has 1 aromatic rings. The molecule has 0 aliphatic rings. The molecule has 1 unspecified atom stereocenters. The SMILES string of the molecule is COCC(O)CNCc1ccc(OC(C)C)c(OC)c1. The molecule has 0 spiro atoms. The Balaban J connectivity index is 2.55. The predicted molar refractivity (Wildman–Crippen MR) is 78.3 cm³/mol. The Kier molecular flexibility index (Phi) is 7.36. The van der Waals surface area contributed by atoms with Crippen molar-refractivity contribution in [1.29, 1.82) is 0 Å². The minimum atomic E-state index is -0.495. The Labute approximate surface area is 120 Å². The summed E-state index contributed by atoms with van der Waals surface area (Å²) in [5.41, 5.74) is 1.07. The Bertz CT molecular complexity index is 395. The van der Waals surface area contributed by atoms with Crippen LogP contribution < -0.4 is 14.8 Å². The van der Waals surface area contributed by atoms with Crippen molar-refractivity contribution in [1.82, 2.24) is 5.32 Å². The van der Waals surface area contributed by atoms with Crippen LogP contribution in [0.25, 0.3) is 0 Å². The highest BCUT2D eigenvalue weighted by Crippen LogP contribution is 2.28. The van der Waals surface area contributed by atoms with Crippen LogP contribution in [0.3, 0.4) is 0 Å². The average Bonchev–Trinajstić information content (AvgIpc) is 2.40. The topological polar surface area (TPSA) is 60.0 Å². The molecule has 1 rings (SSSR count). The number of nitrogens with one attached hydrogen (secondary N) is 1. The van der Waals surface area contributed by atoms with Crippen molar-refractivity contribution >= 4 is 0 Å². The maximum absolute atomic E-state index is 9.54. The fourth-order valence-electron chi connectivity index (χ4n) is 1.81. The van der Waals surface area contributed by atoms with E-state index < -0.39 is 6.10 Å². The zero-order valence-electron chi connectivity index (χ0n) is 12.7. The van der Waals surface area contributed by atoms with Gasteiger partial charge < -0.3 is 24.6 Å². The van der Waals surface area contributed by atoms with E-state index in [1.54, 1.807) is 14.2 Å². The molecule has 0 radical (unpaired) electrons. The highest BCUT2D eigenvalue weighted by molar-refractivity contribution is 5.43. The highest BCUT2D eigenvalue weighted by atomic mass is 16.5. The van der Waals surface area contributed by atoms with Crippen molar-refractivity contribution in [3.05, 3.63) is 23.8 Å². The number of hydrogen-bond donors (Lipinski definition) is 2. The monoisotopic (exact) mass is 283 g/mol. The zero-order valence-corrected chi connectivity index (χ0v) is 12.7. The fourth-order valence-corrected chi connectivity index (χ4v) is 1.81. The molecule has 20 heavy (non-hydrogen) atoms. The maximum atomic E-state index is 9.54. The van der Waals surface area contributed by atoms with Crippen molar-refractivity contribution in [2.75, 3.05) is 27.4 Å². The lowest BCUT2D eigenvalue weighted by atomic mass is 10.2. The van der Waals surface area contributed by atoms with E-state index in [0.29, 0.717) is 19.7 Å². The van der Waals surface area contributed by atoms with Crippen LogP contribution in [0.15, 0.2) is 18.2 Å². The van der Waals surface area contributed by atoms with E-state index in [2.05, 4.69) is 5.32 Å². The van der Waals surface area contributed by atoms with Gasteiger partial charge in [0.25, 0.3) is 0 Å². The van der Waals surface area contributed by atoms with Crippen molar-refractivity contribution in [3.8, 4) is 11.5 Å². The predicted octanol–water partition coefficient (Wildman–Crippen LogP) is 1.58. The zero-order chi connectivity index (χ0) is 15.0. The third kappa shape index (κ3) is 5.77. The maximum Gasteiger partial charge on any atom is 0.161 e. The smallest absolute Gasteiger partial charge is 0.161 e. The van der Waals surface area contributed by atoms with Crippen molar-refractivity contribution in [2.24, 2.45) is 0 Å². The molecular weight excluding hydrogens is 258 g/mol. The normalized spacial score (nSPS) is 12.5. The van der Waals surface area contributed by atoms with Gasteiger partial charge in [-0.15, -0.1) is 0 Å². The van der Waals surface area contributed by atoms with Gasteiger partial charge in [-0.05, 0) is 31.5 Å². The first kappa shape index (κ1) is 16.8. The molecule has 114 valence electrons. The van der Waals surface area contributed by atoms with Gasteiger partial charge in [0.1, 0.15) is 0 Å². The van der Waals surface area contributed by atoms with E-state index >= 15 is 0 Å². The van der Waals surface area contributed by atoms with Crippen LogP contribution in [0.2, 0.25) is 0 Å². The summed E-state index contributed by atoms with van der Waals surface area (Å²) in [5.74, 6) is 1.46. The molecule has 0 aliphatic carbocycles. The van der Waals surface area contributed by atoms with Gasteiger partial charge in [0.05, 0.1) is 25.9 Å².